The lowest BCUT2D eigenvalue weighted by Crippen LogP contribution is -2.48. The van der Waals surface area contributed by atoms with Crippen molar-refractivity contribution in [2.24, 2.45) is 0 Å². The molecule has 0 radical (unpaired) electrons. The number of hydrogen-bond acceptors (Lipinski definition) is 2. The molecule has 3 amide bonds. The van der Waals surface area contributed by atoms with E-state index in [2.05, 4.69) is 41.2 Å². The zero-order chi connectivity index (χ0) is 22.5. The van der Waals surface area contributed by atoms with Gasteiger partial charge in [-0.15, -0.1) is 0 Å². The van der Waals surface area contributed by atoms with Crippen LogP contribution in [-0.2, 0) is 17.8 Å². The van der Waals surface area contributed by atoms with Crippen molar-refractivity contribution in [3.63, 3.8) is 0 Å². The number of benzene rings is 2. The van der Waals surface area contributed by atoms with Crippen molar-refractivity contribution in [1.82, 2.24) is 14.4 Å². The highest BCUT2D eigenvalue weighted by atomic mass is 16.2. The lowest BCUT2D eigenvalue weighted by Gasteiger charge is -2.38. The van der Waals surface area contributed by atoms with E-state index in [1.807, 2.05) is 60.4 Å². The maximum atomic E-state index is 13.4. The largest absolute Gasteiger partial charge is 0.348 e. The third kappa shape index (κ3) is 4.54. The van der Waals surface area contributed by atoms with Crippen molar-refractivity contribution < 1.29 is 9.59 Å². The molecule has 6 heteroatoms. The summed E-state index contributed by atoms with van der Waals surface area (Å²) in [7, 11) is 0. The van der Waals surface area contributed by atoms with Crippen LogP contribution in [0.3, 0.4) is 0 Å². The molecule has 0 saturated heterocycles. The summed E-state index contributed by atoms with van der Waals surface area (Å²) in [5.41, 5.74) is 4.08. The van der Waals surface area contributed by atoms with Gasteiger partial charge in [-0.05, 0) is 48.7 Å². The third-order valence-electron chi connectivity index (χ3n) is 6.06. The predicted molar refractivity (Wildman–Crippen MR) is 127 cm³/mol. The normalized spacial score (nSPS) is 15.2. The van der Waals surface area contributed by atoms with E-state index in [0.717, 1.165) is 35.5 Å². The summed E-state index contributed by atoms with van der Waals surface area (Å²) >= 11 is 0. The molecular formula is C26H30N4O2. The number of anilines is 1. The van der Waals surface area contributed by atoms with E-state index in [1.54, 1.807) is 4.90 Å². The van der Waals surface area contributed by atoms with E-state index in [9.17, 15) is 9.59 Å². The first kappa shape index (κ1) is 21.7. The second-order valence-electron chi connectivity index (χ2n) is 8.03. The zero-order valence-corrected chi connectivity index (χ0v) is 18.7. The highest BCUT2D eigenvalue weighted by Gasteiger charge is 2.33. The Balaban J connectivity index is 1.51. The molecule has 0 saturated carbocycles. The van der Waals surface area contributed by atoms with Gasteiger partial charge in [0.15, 0.2) is 0 Å². The second-order valence-corrected chi connectivity index (χ2v) is 8.03. The zero-order valence-electron chi connectivity index (χ0n) is 18.7. The van der Waals surface area contributed by atoms with Crippen LogP contribution in [0.4, 0.5) is 10.5 Å². The lowest BCUT2D eigenvalue weighted by molar-refractivity contribution is -0.134. The molecule has 1 unspecified atom stereocenters. The molecule has 32 heavy (non-hydrogen) atoms. The van der Waals surface area contributed by atoms with E-state index < -0.39 is 0 Å². The number of fused-ring (bicyclic) bond motifs is 1. The Morgan fingerprint density at radius 2 is 1.81 bits per heavy atom. The van der Waals surface area contributed by atoms with Gasteiger partial charge < -0.3 is 19.7 Å². The molecule has 2 heterocycles. The van der Waals surface area contributed by atoms with E-state index in [4.69, 9.17) is 0 Å². The summed E-state index contributed by atoms with van der Waals surface area (Å²) < 4.78 is 2.20. The number of rotatable bonds is 6. The molecule has 1 aromatic heterocycles. The molecule has 0 aliphatic carbocycles. The number of urea groups is 1. The minimum atomic E-state index is -0.259. The molecule has 4 rings (SSSR count). The van der Waals surface area contributed by atoms with Crippen LogP contribution in [0.25, 0.3) is 0 Å². The van der Waals surface area contributed by atoms with Crippen molar-refractivity contribution in [3.8, 4) is 0 Å². The van der Waals surface area contributed by atoms with Gasteiger partial charge in [-0.1, -0.05) is 49.4 Å². The minimum absolute atomic E-state index is 0.0415. The smallest absolute Gasteiger partial charge is 0.322 e. The fourth-order valence-electron chi connectivity index (χ4n) is 4.29. The van der Waals surface area contributed by atoms with Crippen molar-refractivity contribution in [3.05, 3.63) is 89.7 Å². The number of nitrogens with zero attached hydrogens (tertiary/aromatic N) is 3. The van der Waals surface area contributed by atoms with Gasteiger partial charge in [0, 0.05) is 37.2 Å². The maximum Gasteiger partial charge on any atom is 0.322 e. The van der Waals surface area contributed by atoms with Crippen LogP contribution < -0.4 is 5.32 Å². The van der Waals surface area contributed by atoms with E-state index in [0.29, 0.717) is 13.1 Å². The van der Waals surface area contributed by atoms with Gasteiger partial charge in [-0.3, -0.25) is 4.79 Å². The number of amides is 3. The van der Waals surface area contributed by atoms with Gasteiger partial charge in [-0.2, -0.15) is 0 Å². The summed E-state index contributed by atoms with van der Waals surface area (Å²) in [5, 5.41) is 2.94. The molecule has 166 valence electrons. The van der Waals surface area contributed by atoms with E-state index in [1.165, 1.54) is 0 Å². The number of aryl methyl sites for hydroxylation is 1. The summed E-state index contributed by atoms with van der Waals surface area (Å²) in [6.07, 6.45) is 2.96. The predicted octanol–water partition coefficient (Wildman–Crippen LogP) is 4.54. The number of aromatic nitrogens is 1. The summed E-state index contributed by atoms with van der Waals surface area (Å²) in [4.78, 5) is 29.8. The van der Waals surface area contributed by atoms with Gasteiger partial charge in [0.25, 0.3) is 0 Å². The average Bonchev–Trinajstić information content (AvgIpc) is 3.31. The fourth-order valence-corrected chi connectivity index (χ4v) is 4.29. The molecule has 2 aromatic carbocycles. The Bertz CT molecular complexity index is 1080. The Hall–Kier alpha value is -3.54. The second kappa shape index (κ2) is 9.73. The first-order chi connectivity index (χ1) is 15.6. The van der Waals surface area contributed by atoms with E-state index >= 15 is 0 Å². The monoisotopic (exact) mass is 430 g/mol. The molecule has 0 bridgehead atoms. The Morgan fingerprint density at radius 3 is 2.56 bits per heavy atom. The minimum Gasteiger partial charge on any atom is -0.348 e. The van der Waals surface area contributed by atoms with Gasteiger partial charge in [0.05, 0.1) is 6.04 Å². The van der Waals surface area contributed by atoms with Crippen molar-refractivity contribution in [1.29, 1.82) is 0 Å². The van der Waals surface area contributed by atoms with Gasteiger partial charge in [-0.25, -0.2) is 4.79 Å². The topological polar surface area (TPSA) is 57.6 Å². The number of carbonyl (C=O) groups is 2. The molecule has 3 aromatic rings. The molecule has 6 nitrogen and oxygen atoms in total. The Kier molecular flexibility index (Phi) is 6.59. The number of carbonyl (C=O) groups excluding carboxylic acids is 2. The van der Waals surface area contributed by atoms with Crippen LogP contribution in [0.2, 0.25) is 0 Å². The third-order valence-corrected chi connectivity index (χ3v) is 6.06. The highest BCUT2D eigenvalue weighted by Crippen LogP contribution is 2.32. The molecule has 0 spiro atoms. The summed E-state index contributed by atoms with van der Waals surface area (Å²) in [6.45, 7) is 5.82. The molecule has 1 N–H and O–H groups in total. The van der Waals surface area contributed by atoms with Crippen molar-refractivity contribution in [2.75, 3.05) is 25.0 Å². The molecule has 1 aliphatic rings. The van der Waals surface area contributed by atoms with Crippen molar-refractivity contribution in [2.45, 2.75) is 32.9 Å². The standard InChI is InChI=1S/C26H30N4O2/c1-3-20-10-8-13-22(18-20)27-26(32)28(4-2)19-24(31)30-17-16-29-15-9-14-23(29)25(30)21-11-6-5-7-12-21/h5-15,18,25H,3-4,16-17,19H2,1-2H3,(H,27,32). The first-order valence-corrected chi connectivity index (χ1v) is 11.2. The van der Waals surface area contributed by atoms with Crippen LogP contribution in [0, 0.1) is 0 Å². The molecular weight excluding hydrogens is 400 g/mol. The van der Waals surface area contributed by atoms with Crippen molar-refractivity contribution >= 4 is 17.6 Å². The quantitative estimate of drug-likeness (QED) is 0.624. The van der Waals surface area contributed by atoms with E-state index in [-0.39, 0.29) is 24.5 Å². The number of nitrogens with one attached hydrogen (secondary N) is 1. The summed E-state index contributed by atoms with van der Waals surface area (Å²) in [6, 6.07) is 21.6. The van der Waals surface area contributed by atoms with Crippen LogP contribution in [0.1, 0.15) is 36.7 Å². The SMILES string of the molecule is CCc1cccc(NC(=O)N(CC)CC(=O)N2CCn3cccc3C2c2ccccc2)c1. The number of likely N-dealkylation sites (N-methyl/N-ethyl adjacent to an activating group) is 1. The molecule has 1 aliphatic heterocycles. The van der Waals surface area contributed by atoms with Crippen LogP contribution in [-0.4, -0.2) is 45.9 Å². The highest BCUT2D eigenvalue weighted by molar-refractivity contribution is 5.92. The number of hydrogen-bond donors (Lipinski definition) is 1. The van der Waals surface area contributed by atoms with Crippen LogP contribution in [0.5, 0.6) is 0 Å². The molecule has 0 fully saturated rings. The average molecular weight is 431 g/mol. The Labute approximate surface area is 189 Å². The van der Waals surface area contributed by atoms with Crippen LogP contribution in [0.15, 0.2) is 72.9 Å². The Morgan fingerprint density at radius 1 is 1.00 bits per heavy atom. The lowest BCUT2D eigenvalue weighted by atomic mass is 10.00. The first-order valence-electron chi connectivity index (χ1n) is 11.2. The molecule has 1 atom stereocenters. The summed E-state index contributed by atoms with van der Waals surface area (Å²) in [5.74, 6) is -0.0504. The van der Waals surface area contributed by atoms with Gasteiger partial charge in [0.1, 0.15) is 6.54 Å². The van der Waals surface area contributed by atoms with Gasteiger partial charge >= 0.3 is 6.03 Å². The van der Waals surface area contributed by atoms with Crippen LogP contribution >= 0.6 is 0 Å². The van der Waals surface area contributed by atoms with Gasteiger partial charge in [0.2, 0.25) is 5.91 Å². The fraction of sp³-hybridized carbons (Fsp3) is 0.308. The maximum absolute atomic E-state index is 13.4.